The van der Waals surface area contributed by atoms with Crippen LogP contribution in [0.3, 0.4) is 0 Å². The summed E-state index contributed by atoms with van der Waals surface area (Å²) < 4.78 is 4.93. The molecular formula is C11H16N2O3. The number of hydrogen-bond acceptors (Lipinski definition) is 4. The molecule has 1 aromatic rings. The quantitative estimate of drug-likeness (QED) is 0.455. The SMILES string of the molecule is COCCNC(C)c1ccc([N+](=O)[O-])cc1. The molecule has 88 valence electrons. The number of nitrogens with zero attached hydrogens (tertiary/aromatic N) is 1. The van der Waals surface area contributed by atoms with E-state index in [1.807, 2.05) is 6.92 Å². The molecule has 0 aliphatic rings. The van der Waals surface area contributed by atoms with Gasteiger partial charge >= 0.3 is 0 Å². The smallest absolute Gasteiger partial charge is 0.269 e. The number of nitro groups is 1. The lowest BCUT2D eigenvalue weighted by atomic mass is 10.1. The topological polar surface area (TPSA) is 64.4 Å². The van der Waals surface area contributed by atoms with Crippen LogP contribution < -0.4 is 5.32 Å². The van der Waals surface area contributed by atoms with E-state index in [2.05, 4.69) is 5.32 Å². The maximum Gasteiger partial charge on any atom is 0.269 e. The third-order valence-corrected chi connectivity index (χ3v) is 2.36. The summed E-state index contributed by atoms with van der Waals surface area (Å²) in [5, 5.41) is 13.7. The second-order valence-electron chi connectivity index (χ2n) is 3.52. The number of nitro benzene ring substituents is 1. The second-order valence-corrected chi connectivity index (χ2v) is 3.52. The predicted octanol–water partition coefficient (Wildman–Crippen LogP) is 1.89. The number of nitrogens with one attached hydrogen (secondary N) is 1. The molecule has 0 aliphatic heterocycles. The normalized spacial score (nSPS) is 12.4. The number of benzene rings is 1. The van der Waals surface area contributed by atoms with Crippen LogP contribution in [0.4, 0.5) is 5.69 Å². The highest BCUT2D eigenvalue weighted by Crippen LogP contribution is 2.17. The monoisotopic (exact) mass is 224 g/mol. The average Bonchev–Trinajstić information content (AvgIpc) is 2.29. The lowest BCUT2D eigenvalue weighted by molar-refractivity contribution is -0.384. The van der Waals surface area contributed by atoms with E-state index in [1.54, 1.807) is 19.2 Å². The van der Waals surface area contributed by atoms with Crippen molar-refractivity contribution in [2.75, 3.05) is 20.3 Å². The Morgan fingerprint density at radius 2 is 2.06 bits per heavy atom. The minimum absolute atomic E-state index is 0.118. The van der Waals surface area contributed by atoms with Gasteiger partial charge in [-0.3, -0.25) is 10.1 Å². The molecule has 0 saturated carbocycles. The number of hydrogen-bond donors (Lipinski definition) is 1. The largest absolute Gasteiger partial charge is 0.383 e. The summed E-state index contributed by atoms with van der Waals surface area (Å²) in [6.07, 6.45) is 0. The molecule has 0 aromatic heterocycles. The van der Waals surface area contributed by atoms with E-state index in [-0.39, 0.29) is 11.7 Å². The van der Waals surface area contributed by atoms with E-state index in [1.165, 1.54) is 12.1 Å². The van der Waals surface area contributed by atoms with Gasteiger partial charge in [-0.15, -0.1) is 0 Å². The number of methoxy groups -OCH3 is 1. The van der Waals surface area contributed by atoms with Gasteiger partial charge in [-0.1, -0.05) is 12.1 Å². The Morgan fingerprint density at radius 3 is 2.56 bits per heavy atom. The fraction of sp³-hybridized carbons (Fsp3) is 0.455. The fourth-order valence-electron chi connectivity index (χ4n) is 1.38. The molecule has 1 rings (SSSR count). The molecule has 0 bridgehead atoms. The molecule has 0 radical (unpaired) electrons. The molecule has 0 fully saturated rings. The van der Waals surface area contributed by atoms with Crippen molar-refractivity contribution in [3.8, 4) is 0 Å². The molecule has 1 aromatic carbocycles. The zero-order valence-electron chi connectivity index (χ0n) is 9.47. The Bertz CT molecular complexity index is 338. The van der Waals surface area contributed by atoms with Crippen molar-refractivity contribution in [2.45, 2.75) is 13.0 Å². The molecule has 0 spiro atoms. The van der Waals surface area contributed by atoms with Crippen molar-refractivity contribution in [3.05, 3.63) is 39.9 Å². The minimum Gasteiger partial charge on any atom is -0.383 e. The van der Waals surface area contributed by atoms with Gasteiger partial charge in [0.05, 0.1) is 11.5 Å². The lowest BCUT2D eigenvalue weighted by Gasteiger charge is -2.13. The fourth-order valence-corrected chi connectivity index (χ4v) is 1.38. The van der Waals surface area contributed by atoms with Crippen LogP contribution in [0.1, 0.15) is 18.5 Å². The van der Waals surface area contributed by atoms with Gasteiger partial charge in [0, 0.05) is 31.8 Å². The van der Waals surface area contributed by atoms with Gasteiger partial charge in [-0.2, -0.15) is 0 Å². The van der Waals surface area contributed by atoms with Gasteiger partial charge in [0.25, 0.3) is 5.69 Å². The van der Waals surface area contributed by atoms with Crippen molar-refractivity contribution >= 4 is 5.69 Å². The maximum absolute atomic E-state index is 10.5. The third-order valence-electron chi connectivity index (χ3n) is 2.36. The van der Waals surface area contributed by atoms with Gasteiger partial charge in [0.1, 0.15) is 0 Å². The van der Waals surface area contributed by atoms with Crippen LogP contribution in [-0.4, -0.2) is 25.2 Å². The molecular weight excluding hydrogens is 208 g/mol. The van der Waals surface area contributed by atoms with E-state index in [0.717, 1.165) is 12.1 Å². The molecule has 16 heavy (non-hydrogen) atoms. The van der Waals surface area contributed by atoms with E-state index in [0.29, 0.717) is 6.61 Å². The molecule has 0 aliphatic carbocycles. The van der Waals surface area contributed by atoms with Crippen molar-refractivity contribution in [1.29, 1.82) is 0 Å². The maximum atomic E-state index is 10.5. The first-order valence-electron chi connectivity index (χ1n) is 5.12. The van der Waals surface area contributed by atoms with Crippen LogP contribution in [0.15, 0.2) is 24.3 Å². The zero-order valence-corrected chi connectivity index (χ0v) is 9.47. The van der Waals surface area contributed by atoms with E-state index < -0.39 is 4.92 Å². The summed E-state index contributed by atoms with van der Waals surface area (Å²) in [5.74, 6) is 0. The first kappa shape index (κ1) is 12.6. The molecule has 1 unspecified atom stereocenters. The molecule has 5 heteroatoms. The molecule has 0 amide bonds. The van der Waals surface area contributed by atoms with E-state index in [9.17, 15) is 10.1 Å². The lowest BCUT2D eigenvalue weighted by Crippen LogP contribution is -2.22. The van der Waals surface area contributed by atoms with Crippen molar-refractivity contribution in [2.24, 2.45) is 0 Å². The Kier molecular flexibility index (Phi) is 4.88. The summed E-state index contributed by atoms with van der Waals surface area (Å²) in [4.78, 5) is 10.1. The molecule has 1 N–H and O–H groups in total. The number of ether oxygens (including phenoxy) is 1. The van der Waals surface area contributed by atoms with Crippen LogP contribution in [-0.2, 0) is 4.74 Å². The average molecular weight is 224 g/mol. The molecule has 0 saturated heterocycles. The Labute approximate surface area is 94.6 Å². The summed E-state index contributed by atoms with van der Waals surface area (Å²) >= 11 is 0. The summed E-state index contributed by atoms with van der Waals surface area (Å²) in [6, 6.07) is 6.73. The summed E-state index contributed by atoms with van der Waals surface area (Å²) in [7, 11) is 1.65. The van der Waals surface area contributed by atoms with Crippen LogP contribution in [0.2, 0.25) is 0 Å². The second kappa shape index (κ2) is 6.19. The van der Waals surface area contributed by atoms with Gasteiger partial charge in [-0.25, -0.2) is 0 Å². The van der Waals surface area contributed by atoms with Crippen molar-refractivity contribution in [1.82, 2.24) is 5.32 Å². The minimum atomic E-state index is -0.396. The zero-order chi connectivity index (χ0) is 12.0. The molecule has 1 atom stereocenters. The van der Waals surface area contributed by atoms with E-state index >= 15 is 0 Å². The molecule has 5 nitrogen and oxygen atoms in total. The van der Waals surface area contributed by atoms with E-state index in [4.69, 9.17) is 4.74 Å². The van der Waals surface area contributed by atoms with Gasteiger partial charge in [-0.05, 0) is 12.5 Å². The highest BCUT2D eigenvalue weighted by atomic mass is 16.6. The first-order valence-corrected chi connectivity index (χ1v) is 5.12. The first-order chi connectivity index (χ1) is 7.65. The van der Waals surface area contributed by atoms with Crippen LogP contribution >= 0.6 is 0 Å². The van der Waals surface area contributed by atoms with Crippen molar-refractivity contribution in [3.63, 3.8) is 0 Å². The van der Waals surface area contributed by atoms with Crippen LogP contribution in [0, 0.1) is 10.1 Å². The number of rotatable bonds is 6. The standard InChI is InChI=1S/C11H16N2O3/c1-9(12-7-8-16-2)10-3-5-11(6-4-10)13(14)15/h3-6,9,12H,7-8H2,1-2H3. The Balaban J connectivity index is 2.56. The van der Waals surface area contributed by atoms with Gasteiger partial charge in [0.2, 0.25) is 0 Å². The Hall–Kier alpha value is -1.46. The Morgan fingerprint density at radius 1 is 1.44 bits per heavy atom. The van der Waals surface area contributed by atoms with Gasteiger partial charge in [0.15, 0.2) is 0 Å². The van der Waals surface area contributed by atoms with Crippen LogP contribution in [0.25, 0.3) is 0 Å². The van der Waals surface area contributed by atoms with Crippen LogP contribution in [0.5, 0.6) is 0 Å². The highest BCUT2D eigenvalue weighted by molar-refractivity contribution is 5.33. The highest BCUT2D eigenvalue weighted by Gasteiger charge is 2.07. The summed E-state index contributed by atoms with van der Waals surface area (Å²) in [6.45, 7) is 3.42. The summed E-state index contributed by atoms with van der Waals surface area (Å²) in [5.41, 5.74) is 1.15. The predicted molar refractivity (Wildman–Crippen MR) is 61.4 cm³/mol. The third kappa shape index (κ3) is 3.60. The molecule has 0 heterocycles. The van der Waals surface area contributed by atoms with Gasteiger partial charge < -0.3 is 10.1 Å². The number of non-ortho nitro benzene ring substituents is 1. The van der Waals surface area contributed by atoms with Crippen molar-refractivity contribution < 1.29 is 9.66 Å².